The summed E-state index contributed by atoms with van der Waals surface area (Å²) in [4.78, 5) is 0. The van der Waals surface area contributed by atoms with Crippen molar-refractivity contribution >= 4 is 0 Å². The maximum atomic E-state index is 14.0. The lowest BCUT2D eigenvalue weighted by molar-refractivity contribution is 0.473. The summed E-state index contributed by atoms with van der Waals surface area (Å²) < 4.78 is 27.9. The molecule has 0 atom stereocenters. The fraction of sp³-hybridized carbons (Fsp3) is 0.500. The molecule has 2 rings (SSSR count). The monoisotopic (exact) mass is 235 g/mol. The van der Waals surface area contributed by atoms with E-state index in [1.807, 2.05) is 0 Å². The molecule has 90 valence electrons. The molecule has 3 heteroatoms. The third-order valence-electron chi connectivity index (χ3n) is 3.31. The van der Waals surface area contributed by atoms with Crippen molar-refractivity contribution in [2.45, 2.75) is 44.4 Å². The summed E-state index contributed by atoms with van der Waals surface area (Å²) in [5.74, 6) is -1.09. The van der Waals surface area contributed by atoms with Gasteiger partial charge in [-0.25, -0.2) is 8.78 Å². The zero-order chi connectivity index (χ0) is 12.8. The predicted molar refractivity (Wildman–Crippen MR) is 61.6 cm³/mol. The largest absolute Gasteiger partial charge is 0.207 e. The first kappa shape index (κ1) is 12.0. The third-order valence-corrected chi connectivity index (χ3v) is 3.31. The molecule has 1 nitrogen and oxygen atoms in total. The molecular formula is C14H15F2N. The summed E-state index contributed by atoms with van der Waals surface area (Å²) >= 11 is 0. The van der Waals surface area contributed by atoms with Gasteiger partial charge in [0.2, 0.25) is 0 Å². The van der Waals surface area contributed by atoms with Gasteiger partial charge in [0, 0.05) is 5.56 Å². The minimum atomic E-state index is -0.641. The van der Waals surface area contributed by atoms with Crippen molar-refractivity contribution in [3.05, 3.63) is 34.9 Å². The van der Waals surface area contributed by atoms with E-state index in [0.717, 1.165) is 0 Å². The van der Waals surface area contributed by atoms with Crippen molar-refractivity contribution in [3.63, 3.8) is 0 Å². The van der Waals surface area contributed by atoms with Crippen molar-refractivity contribution < 1.29 is 8.78 Å². The molecule has 0 amide bonds. The van der Waals surface area contributed by atoms with Crippen LogP contribution in [0.1, 0.15) is 44.7 Å². The highest BCUT2D eigenvalue weighted by Gasteiger charge is 2.45. The SMILES string of the molecule is CC(C)(C)c1c(F)cc(C2(C#N)CC2)cc1F. The third kappa shape index (κ3) is 1.93. The standard InChI is InChI=1S/C14H15F2N/c1-13(2,3)12-10(15)6-9(7-11(12)16)14(8-17)4-5-14/h6-7H,4-5H2,1-3H3. The van der Waals surface area contributed by atoms with Crippen LogP contribution in [-0.2, 0) is 10.8 Å². The Bertz CT molecular complexity index is 479. The fourth-order valence-electron chi connectivity index (χ4n) is 2.16. The summed E-state index contributed by atoms with van der Waals surface area (Å²) in [5, 5.41) is 9.03. The van der Waals surface area contributed by atoms with Gasteiger partial charge in [-0.05, 0) is 36.0 Å². The van der Waals surface area contributed by atoms with Gasteiger partial charge < -0.3 is 0 Å². The van der Waals surface area contributed by atoms with Crippen LogP contribution in [0.2, 0.25) is 0 Å². The number of nitriles is 1. The minimum absolute atomic E-state index is 0.0926. The second-order valence-corrected chi connectivity index (χ2v) is 5.76. The molecule has 0 bridgehead atoms. The quantitative estimate of drug-likeness (QED) is 0.726. The van der Waals surface area contributed by atoms with Crippen LogP contribution in [0, 0.1) is 23.0 Å². The Balaban J connectivity index is 2.55. The van der Waals surface area contributed by atoms with Crippen molar-refractivity contribution in [3.8, 4) is 6.07 Å². The Morgan fingerprint density at radius 3 is 1.94 bits per heavy atom. The number of hydrogen-bond donors (Lipinski definition) is 0. The summed E-state index contributed by atoms with van der Waals surface area (Å²) in [5.41, 5.74) is -0.647. The Labute approximate surface area is 100 Å². The van der Waals surface area contributed by atoms with Crippen LogP contribution >= 0.6 is 0 Å². The number of hydrogen-bond acceptors (Lipinski definition) is 1. The van der Waals surface area contributed by atoms with Crippen LogP contribution in [0.25, 0.3) is 0 Å². The average molecular weight is 235 g/mol. The van der Waals surface area contributed by atoms with Gasteiger partial charge in [-0.1, -0.05) is 20.8 Å². The van der Waals surface area contributed by atoms with Crippen molar-refractivity contribution in [2.24, 2.45) is 0 Å². The normalized spacial score (nSPS) is 17.6. The zero-order valence-electron chi connectivity index (χ0n) is 10.3. The molecule has 1 aromatic carbocycles. The first-order valence-corrected chi connectivity index (χ1v) is 5.71. The maximum absolute atomic E-state index is 14.0. The molecule has 1 aromatic rings. The number of benzene rings is 1. The molecule has 0 aromatic heterocycles. The smallest absolute Gasteiger partial charge is 0.130 e. The van der Waals surface area contributed by atoms with Gasteiger partial charge in [-0.15, -0.1) is 0 Å². The molecule has 1 saturated carbocycles. The summed E-state index contributed by atoms with van der Waals surface area (Å²) in [6.45, 7) is 5.31. The number of rotatable bonds is 1. The first-order valence-electron chi connectivity index (χ1n) is 5.71. The molecule has 0 radical (unpaired) electrons. The van der Waals surface area contributed by atoms with Gasteiger partial charge in [0.1, 0.15) is 11.6 Å². The van der Waals surface area contributed by atoms with Crippen LogP contribution < -0.4 is 0 Å². The Hall–Kier alpha value is -1.43. The Kier molecular flexibility index (Phi) is 2.50. The van der Waals surface area contributed by atoms with Crippen molar-refractivity contribution in [1.82, 2.24) is 0 Å². The molecule has 1 aliphatic carbocycles. The van der Waals surface area contributed by atoms with E-state index in [4.69, 9.17) is 5.26 Å². The van der Waals surface area contributed by atoms with Gasteiger partial charge >= 0.3 is 0 Å². The fourth-order valence-corrected chi connectivity index (χ4v) is 2.16. The second kappa shape index (κ2) is 3.53. The topological polar surface area (TPSA) is 23.8 Å². The number of nitrogens with zero attached hydrogens (tertiary/aromatic N) is 1. The molecule has 1 fully saturated rings. The number of halogens is 2. The van der Waals surface area contributed by atoms with Gasteiger partial charge in [-0.3, -0.25) is 0 Å². The van der Waals surface area contributed by atoms with Gasteiger partial charge in [0.25, 0.3) is 0 Å². The van der Waals surface area contributed by atoms with E-state index in [9.17, 15) is 8.78 Å². The summed E-state index contributed by atoms with van der Waals surface area (Å²) in [7, 11) is 0. The summed E-state index contributed by atoms with van der Waals surface area (Å²) in [6, 6.07) is 4.79. The van der Waals surface area contributed by atoms with E-state index in [1.54, 1.807) is 20.8 Å². The molecular weight excluding hydrogens is 220 g/mol. The van der Waals surface area contributed by atoms with E-state index in [2.05, 4.69) is 6.07 Å². The predicted octanol–water partition coefficient (Wildman–Crippen LogP) is 3.82. The van der Waals surface area contributed by atoms with Gasteiger partial charge in [0.05, 0.1) is 11.5 Å². The molecule has 0 heterocycles. The van der Waals surface area contributed by atoms with Crippen LogP contribution in [-0.4, -0.2) is 0 Å². The molecule has 0 unspecified atom stereocenters. The van der Waals surface area contributed by atoms with Crippen LogP contribution in [0.3, 0.4) is 0 Å². The van der Waals surface area contributed by atoms with E-state index >= 15 is 0 Å². The first-order chi connectivity index (χ1) is 7.80. The van der Waals surface area contributed by atoms with Gasteiger partial charge in [-0.2, -0.15) is 5.26 Å². The lowest BCUT2D eigenvalue weighted by Gasteiger charge is -2.21. The van der Waals surface area contributed by atoms with Crippen molar-refractivity contribution in [1.29, 1.82) is 5.26 Å². The minimum Gasteiger partial charge on any atom is -0.207 e. The van der Waals surface area contributed by atoms with Crippen LogP contribution in [0.4, 0.5) is 8.78 Å². The summed E-state index contributed by atoms with van der Waals surface area (Å²) in [6.07, 6.45) is 1.38. The highest BCUT2D eigenvalue weighted by molar-refractivity contribution is 5.42. The molecule has 0 saturated heterocycles. The lowest BCUT2D eigenvalue weighted by Crippen LogP contribution is -2.17. The van der Waals surface area contributed by atoms with E-state index in [0.29, 0.717) is 18.4 Å². The zero-order valence-corrected chi connectivity index (χ0v) is 10.3. The van der Waals surface area contributed by atoms with Crippen molar-refractivity contribution in [2.75, 3.05) is 0 Å². The molecule has 17 heavy (non-hydrogen) atoms. The second-order valence-electron chi connectivity index (χ2n) is 5.76. The molecule has 0 spiro atoms. The maximum Gasteiger partial charge on any atom is 0.130 e. The van der Waals surface area contributed by atoms with E-state index in [-0.39, 0.29) is 5.56 Å². The highest BCUT2D eigenvalue weighted by Crippen LogP contribution is 2.48. The molecule has 0 aliphatic heterocycles. The van der Waals surface area contributed by atoms with Crippen LogP contribution in [0.5, 0.6) is 0 Å². The molecule has 0 N–H and O–H groups in total. The lowest BCUT2D eigenvalue weighted by atomic mass is 9.84. The van der Waals surface area contributed by atoms with Crippen LogP contribution in [0.15, 0.2) is 12.1 Å². The van der Waals surface area contributed by atoms with E-state index in [1.165, 1.54) is 12.1 Å². The highest BCUT2D eigenvalue weighted by atomic mass is 19.1. The molecule has 1 aliphatic rings. The van der Waals surface area contributed by atoms with Gasteiger partial charge in [0.15, 0.2) is 0 Å². The van der Waals surface area contributed by atoms with E-state index < -0.39 is 22.5 Å². The Morgan fingerprint density at radius 2 is 1.65 bits per heavy atom. The Morgan fingerprint density at radius 1 is 1.18 bits per heavy atom. The average Bonchev–Trinajstić information content (AvgIpc) is 2.94.